The van der Waals surface area contributed by atoms with Crippen LogP contribution in [0.5, 0.6) is 0 Å². The van der Waals surface area contributed by atoms with Crippen molar-refractivity contribution >= 4 is 11.8 Å². The van der Waals surface area contributed by atoms with Gasteiger partial charge in [0.1, 0.15) is 0 Å². The Kier molecular flexibility index (Phi) is 2.58. The lowest BCUT2D eigenvalue weighted by Gasteiger charge is -2.08. The van der Waals surface area contributed by atoms with Crippen molar-refractivity contribution in [2.75, 3.05) is 12.9 Å². The molecule has 70 valence electrons. The van der Waals surface area contributed by atoms with Gasteiger partial charge in [-0.25, -0.2) is 0 Å². The molecule has 0 fully saturated rings. The van der Waals surface area contributed by atoms with Crippen LogP contribution in [-0.2, 0) is 6.54 Å². The molecule has 2 rings (SSSR count). The van der Waals surface area contributed by atoms with Gasteiger partial charge in [0.25, 0.3) is 0 Å². The lowest BCUT2D eigenvalue weighted by molar-refractivity contribution is 0.251. The van der Waals surface area contributed by atoms with Crippen LogP contribution in [0.3, 0.4) is 0 Å². The largest absolute Gasteiger partial charge is 0.394 e. The SMILES string of the molecule is CSc1cccc2c1CN[C@H]2CO. The molecule has 3 heteroatoms. The number of hydrogen-bond donors (Lipinski definition) is 2. The zero-order valence-corrected chi connectivity index (χ0v) is 8.40. The molecule has 0 aliphatic carbocycles. The molecule has 1 atom stereocenters. The fourth-order valence-electron chi connectivity index (χ4n) is 1.79. The van der Waals surface area contributed by atoms with Crippen LogP contribution in [0.25, 0.3) is 0 Å². The molecule has 1 aromatic rings. The summed E-state index contributed by atoms with van der Waals surface area (Å²) in [6.45, 7) is 1.07. The maximum atomic E-state index is 9.11. The first-order valence-electron chi connectivity index (χ1n) is 4.37. The van der Waals surface area contributed by atoms with Crippen molar-refractivity contribution in [2.24, 2.45) is 0 Å². The number of thioether (sulfide) groups is 1. The van der Waals surface area contributed by atoms with Crippen LogP contribution < -0.4 is 5.32 Å². The number of benzene rings is 1. The smallest absolute Gasteiger partial charge is 0.0626 e. The Morgan fingerprint density at radius 3 is 3.15 bits per heavy atom. The lowest BCUT2D eigenvalue weighted by Crippen LogP contribution is -2.15. The molecular weight excluding hydrogens is 182 g/mol. The highest BCUT2D eigenvalue weighted by atomic mass is 32.2. The summed E-state index contributed by atoms with van der Waals surface area (Å²) in [5, 5.41) is 12.4. The third-order valence-corrected chi connectivity index (χ3v) is 3.29. The van der Waals surface area contributed by atoms with E-state index in [0.717, 1.165) is 6.54 Å². The maximum absolute atomic E-state index is 9.11. The van der Waals surface area contributed by atoms with Gasteiger partial charge < -0.3 is 10.4 Å². The third kappa shape index (κ3) is 1.47. The Hall–Kier alpha value is -0.510. The van der Waals surface area contributed by atoms with E-state index in [0.29, 0.717) is 0 Å². The van der Waals surface area contributed by atoms with Crippen LogP contribution >= 0.6 is 11.8 Å². The van der Waals surface area contributed by atoms with Crippen LogP contribution in [0.15, 0.2) is 23.1 Å². The molecule has 1 aliphatic rings. The minimum Gasteiger partial charge on any atom is -0.394 e. The van der Waals surface area contributed by atoms with Crippen molar-refractivity contribution in [3.8, 4) is 0 Å². The Morgan fingerprint density at radius 1 is 1.62 bits per heavy atom. The predicted octanol–water partition coefficient (Wildman–Crippen LogP) is 1.55. The summed E-state index contributed by atoms with van der Waals surface area (Å²) in [5.74, 6) is 0. The van der Waals surface area contributed by atoms with Crippen LogP contribution in [0.2, 0.25) is 0 Å². The third-order valence-electron chi connectivity index (χ3n) is 2.47. The number of nitrogens with one attached hydrogen (secondary N) is 1. The zero-order valence-electron chi connectivity index (χ0n) is 7.58. The molecule has 2 nitrogen and oxygen atoms in total. The van der Waals surface area contributed by atoms with E-state index in [1.165, 1.54) is 16.0 Å². The van der Waals surface area contributed by atoms with Crippen molar-refractivity contribution < 1.29 is 5.11 Å². The fraction of sp³-hybridized carbons (Fsp3) is 0.400. The van der Waals surface area contributed by atoms with Crippen LogP contribution in [-0.4, -0.2) is 18.0 Å². The van der Waals surface area contributed by atoms with Crippen LogP contribution in [0, 0.1) is 0 Å². The van der Waals surface area contributed by atoms with Gasteiger partial charge in [0.05, 0.1) is 12.6 Å². The standard InChI is InChI=1S/C10H13NOS/c1-13-10-4-2-3-7-8(10)5-11-9(7)6-12/h2-4,9,11-12H,5-6H2,1H3/t9-/m0/s1. The average Bonchev–Trinajstić information content (AvgIpc) is 2.60. The van der Waals surface area contributed by atoms with Gasteiger partial charge in [0, 0.05) is 11.4 Å². The minimum atomic E-state index is 0.141. The molecule has 0 saturated carbocycles. The van der Waals surface area contributed by atoms with Gasteiger partial charge in [-0.3, -0.25) is 0 Å². The summed E-state index contributed by atoms with van der Waals surface area (Å²) >= 11 is 1.77. The predicted molar refractivity (Wildman–Crippen MR) is 54.9 cm³/mol. The molecular formula is C10H13NOS. The van der Waals surface area contributed by atoms with E-state index in [9.17, 15) is 0 Å². The van der Waals surface area contributed by atoms with Crippen molar-refractivity contribution in [3.63, 3.8) is 0 Å². The topological polar surface area (TPSA) is 32.3 Å². The van der Waals surface area contributed by atoms with Gasteiger partial charge in [-0.15, -0.1) is 11.8 Å². The van der Waals surface area contributed by atoms with E-state index in [-0.39, 0.29) is 12.6 Å². The molecule has 0 aromatic heterocycles. The highest BCUT2D eigenvalue weighted by Crippen LogP contribution is 2.31. The maximum Gasteiger partial charge on any atom is 0.0626 e. The van der Waals surface area contributed by atoms with E-state index < -0.39 is 0 Å². The number of aliphatic hydroxyl groups is 1. The molecule has 1 aromatic carbocycles. The summed E-state index contributed by atoms with van der Waals surface area (Å²) in [4.78, 5) is 1.32. The van der Waals surface area contributed by atoms with E-state index in [4.69, 9.17) is 5.11 Å². The average molecular weight is 195 g/mol. The summed E-state index contributed by atoms with van der Waals surface area (Å²) < 4.78 is 0. The Morgan fingerprint density at radius 2 is 2.46 bits per heavy atom. The first kappa shape index (κ1) is 9.06. The van der Waals surface area contributed by atoms with Crippen LogP contribution in [0.1, 0.15) is 17.2 Å². The molecule has 0 radical (unpaired) electrons. The Balaban J connectivity index is 2.43. The highest BCUT2D eigenvalue weighted by Gasteiger charge is 2.22. The summed E-state index contributed by atoms with van der Waals surface area (Å²) in [7, 11) is 0. The minimum absolute atomic E-state index is 0.141. The monoisotopic (exact) mass is 195 g/mol. The van der Waals surface area contributed by atoms with E-state index in [2.05, 4.69) is 29.8 Å². The summed E-state index contributed by atoms with van der Waals surface area (Å²) in [5.41, 5.74) is 2.61. The Labute approximate surface area is 82.4 Å². The molecule has 1 heterocycles. The summed E-state index contributed by atoms with van der Waals surface area (Å²) in [6, 6.07) is 6.42. The second kappa shape index (κ2) is 3.70. The molecule has 1 aliphatic heterocycles. The second-order valence-corrected chi connectivity index (χ2v) is 3.99. The number of aliphatic hydroxyl groups excluding tert-OH is 1. The summed E-state index contributed by atoms with van der Waals surface area (Å²) in [6.07, 6.45) is 2.09. The van der Waals surface area contributed by atoms with Crippen LogP contribution in [0.4, 0.5) is 0 Å². The lowest BCUT2D eigenvalue weighted by atomic mass is 10.1. The first-order valence-corrected chi connectivity index (χ1v) is 5.59. The molecule has 0 spiro atoms. The Bertz CT molecular complexity index is 314. The first-order chi connectivity index (χ1) is 6.36. The molecule has 0 bridgehead atoms. The zero-order chi connectivity index (χ0) is 9.26. The normalized spacial score (nSPS) is 20.3. The van der Waals surface area contributed by atoms with Crippen molar-refractivity contribution in [1.82, 2.24) is 5.32 Å². The van der Waals surface area contributed by atoms with E-state index in [1.54, 1.807) is 11.8 Å². The van der Waals surface area contributed by atoms with Gasteiger partial charge in [-0.2, -0.15) is 0 Å². The van der Waals surface area contributed by atoms with E-state index >= 15 is 0 Å². The highest BCUT2D eigenvalue weighted by molar-refractivity contribution is 7.98. The number of fused-ring (bicyclic) bond motifs is 1. The van der Waals surface area contributed by atoms with Crippen molar-refractivity contribution in [1.29, 1.82) is 0 Å². The molecule has 0 amide bonds. The van der Waals surface area contributed by atoms with E-state index in [1.807, 2.05) is 0 Å². The second-order valence-electron chi connectivity index (χ2n) is 3.14. The molecule has 0 saturated heterocycles. The van der Waals surface area contributed by atoms with Gasteiger partial charge in [-0.1, -0.05) is 12.1 Å². The molecule has 13 heavy (non-hydrogen) atoms. The van der Waals surface area contributed by atoms with Crippen molar-refractivity contribution in [2.45, 2.75) is 17.5 Å². The number of rotatable bonds is 2. The molecule has 2 N–H and O–H groups in total. The quantitative estimate of drug-likeness (QED) is 0.702. The van der Waals surface area contributed by atoms with Gasteiger partial charge in [0.15, 0.2) is 0 Å². The van der Waals surface area contributed by atoms with Gasteiger partial charge in [0.2, 0.25) is 0 Å². The van der Waals surface area contributed by atoms with Gasteiger partial charge >= 0.3 is 0 Å². The fourth-order valence-corrected chi connectivity index (χ4v) is 2.44. The van der Waals surface area contributed by atoms with Crippen molar-refractivity contribution in [3.05, 3.63) is 29.3 Å². The van der Waals surface area contributed by atoms with Gasteiger partial charge in [-0.05, 0) is 23.4 Å². The number of hydrogen-bond acceptors (Lipinski definition) is 3. The molecule has 0 unspecified atom stereocenters.